The number of ether oxygens (including phenoxy) is 4. The van der Waals surface area contributed by atoms with Gasteiger partial charge < -0.3 is 24.3 Å². The number of benzene rings is 2. The maximum Gasteiger partial charge on any atom is 0.344 e. The van der Waals surface area contributed by atoms with Crippen molar-refractivity contribution in [2.24, 2.45) is 0 Å². The number of amides is 3. The van der Waals surface area contributed by atoms with Crippen LogP contribution in [-0.4, -0.2) is 67.9 Å². The first-order valence-electron chi connectivity index (χ1n) is 11.1. The van der Waals surface area contributed by atoms with E-state index in [0.717, 1.165) is 4.90 Å². The molecule has 3 rings (SSSR count). The molecule has 13 heteroatoms. The molecule has 1 aliphatic heterocycles. The number of hydrogen-bond donors (Lipinski definition) is 1. The number of methoxy groups -OCH3 is 2. The normalized spacial score (nSPS) is 13.9. The van der Waals surface area contributed by atoms with Crippen molar-refractivity contribution in [3.63, 3.8) is 0 Å². The van der Waals surface area contributed by atoms with E-state index in [-0.39, 0.29) is 40.1 Å². The van der Waals surface area contributed by atoms with Crippen LogP contribution in [0.1, 0.15) is 22.8 Å². The standard InChI is InChI=1S/C25H23ClN2O9S/c1-4-36-22(30)13-37-19-9-14(5-8-18(19)34-2)10-20-23(31)28(25(33)38-20)12-21(29)27-15-6-7-17(26)16(11-15)24(32)35-3/h5-11H,4,12-13H2,1-3H3,(H,27,29)/b20-10-. The summed E-state index contributed by atoms with van der Waals surface area (Å²) in [4.78, 5) is 62.2. The first-order chi connectivity index (χ1) is 18.2. The number of nitrogens with one attached hydrogen (secondary N) is 1. The third-order valence-corrected chi connectivity index (χ3v) is 6.20. The van der Waals surface area contributed by atoms with E-state index >= 15 is 0 Å². The van der Waals surface area contributed by atoms with Gasteiger partial charge in [-0.3, -0.25) is 19.3 Å². The van der Waals surface area contributed by atoms with Crippen molar-refractivity contribution in [3.8, 4) is 11.5 Å². The molecular weight excluding hydrogens is 540 g/mol. The Morgan fingerprint density at radius 1 is 1.08 bits per heavy atom. The topological polar surface area (TPSA) is 138 Å². The number of nitrogens with zero attached hydrogens (tertiary/aromatic N) is 1. The Hall–Kier alpha value is -4.03. The molecule has 0 radical (unpaired) electrons. The van der Waals surface area contributed by atoms with Crippen LogP contribution in [0.3, 0.4) is 0 Å². The van der Waals surface area contributed by atoms with Gasteiger partial charge in [-0.05, 0) is 60.7 Å². The Bertz CT molecular complexity index is 1310. The molecule has 0 aromatic heterocycles. The highest BCUT2D eigenvalue weighted by Crippen LogP contribution is 2.34. The largest absolute Gasteiger partial charge is 0.493 e. The lowest BCUT2D eigenvalue weighted by atomic mass is 10.2. The fourth-order valence-corrected chi connectivity index (χ4v) is 4.27. The summed E-state index contributed by atoms with van der Waals surface area (Å²) in [6, 6.07) is 8.95. The highest BCUT2D eigenvalue weighted by atomic mass is 35.5. The van der Waals surface area contributed by atoms with Crippen LogP contribution in [0.2, 0.25) is 5.02 Å². The minimum absolute atomic E-state index is 0.0474. The number of thioether (sulfide) groups is 1. The summed E-state index contributed by atoms with van der Waals surface area (Å²) in [6.07, 6.45) is 1.46. The Morgan fingerprint density at radius 2 is 1.84 bits per heavy atom. The molecule has 0 saturated carbocycles. The van der Waals surface area contributed by atoms with Gasteiger partial charge in [0.2, 0.25) is 5.91 Å². The van der Waals surface area contributed by atoms with Gasteiger partial charge in [0.1, 0.15) is 6.54 Å². The molecule has 2 aromatic rings. The van der Waals surface area contributed by atoms with Crippen LogP contribution in [0.15, 0.2) is 41.3 Å². The number of rotatable bonds is 10. The molecule has 1 aliphatic rings. The van der Waals surface area contributed by atoms with Crippen molar-refractivity contribution in [1.82, 2.24) is 4.90 Å². The smallest absolute Gasteiger partial charge is 0.344 e. The van der Waals surface area contributed by atoms with E-state index in [9.17, 15) is 24.0 Å². The van der Waals surface area contributed by atoms with Gasteiger partial charge in [0, 0.05) is 5.69 Å². The fourth-order valence-electron chi connectivity index (χ4n) is 3.24. The van der Waals surface area contributed by atoms with Crippen LogP contribution in [0.5, 0.6) is 11.5 Å². The Kier molecular flexibility index (Phi) is 9.74. The number of halogens is 1. The van der Waals surface area contributed by atoms with Crippen molar-refractivity contribution in [3.05, 3.63) is 57.5 Å². The van der Waals surface area contributed by atoms with Gasteiger partial charge in [0.05, 0.1) is 36.3 Å². The van der Waals surface area contributed by atoms with Gasteiger partial charge in [-0.25, -0.2) is 9.59 Å². The highest BCUT2D eigenvalue weighted by Gasteiger charge is 2.36. The van der Waals surface area contributed by atoms with Gasteiger partial charge in [-0.15, -0.1) is 0 Å². The van der Waals surface area contributed by atoms with Gasteiger partial charge in [-0.2, -0.15) is 0 Å². The zero-order chi connectivity index (χ0) is 27.8. The number of esters is 2. The molecule has 0 unspecified atom stereocenters. The average molecular weight is 563 g/mol. The van der Waals surface area contributed by atoms with Crippen LogP contribution >= 0.6 is 23.4 Å². The summed E-state index contributed by atoms with van der Waals surface area (Å²) < 4.78 is 20.2. The van der Waals surface area contributed by atoms with Crippen LogP contribution in [0.25, 0.3) is 6.08 Å². The third kappa shape index (κ3) is 7.05. The van der Waals surface area contributed by atoms with E-state index < -0.39 is 35.5 Å². The molecule has 1 heterocycles. The van der Waals surface area contributed by atoms with Crippen molar-refractivity contribution in [1.29, 1.82) is 0 Å². The molecular formula is C25H23ClN2O9S. The summed E-state index contributed by atoms with van der Waals surface area (Å²) in [6.45, 7) is 0.999. The molecule has 200 valence electrons. The number of carbonyl (C=O) groups is 5. The molecule has 11 nitrogen and oxygen atoms in total. The molecule has 0 spiro atoms. The monoisotopic (exact) mass is 562 g/mol. The quantitative estimate of drug-likeness (QED) is 0.336. The first kappa shape index (κ1) is 28.5. The lowest BCUT2D eigenvalue weighted by Gasteiger charge is -2.13. The second kappa shape index (κ2) is 13.0. The summed E-state index contributed by atoms with van der Waals surface area (Å²) >= 11 is 6.65. The van der Waals surface area contributed by atoms with E-state index in [0.29, 0.717) is 23.1 Å². The molecule has 3 amide bonds. The third-order valence-electron chi connectivity index (χ3n) is 4.97. The minimum atomic E-state index is -0.685. The Labute approximate surface area is 227 Å². The molecule has 1 N–H and O–H groups in total. The van der Waals surface area contributed by atoms with E-state index in [4.69, 9.17) is 25.8 Å². The highest BCUT2D eigenvalue weighted by molar-refractivity contribution is 8.18. The molecule has 0 bridgehead atoms. The Balaban J connectivity index is 1.71. The Morgan fingerprint density at radius 3 is 2.53 bits per heavy atom. The predicted molar refractivity (Wildman–Crippen MR) is 139 cm³/mol. The number of carbonyl (C=O) groups excluding carboxylic acids is 5. The second-order valence-corrected chi connectivity index (χ2v) is 8.91. The van der Waals surface area contributed by atoms with E-state index in [2.05, 4.69) is 10.1 Å². The van der Waals surface area contributed by atoms with E-state index in [1.54, 1.807) is 19.1 Å². The SMILES string of the molecule is CCOC(=O)COc1cc(/C=C2\SC(=O)N(CC(=O)Nc3ccc(Cl)c(C(=O)OC)c3)C2=O)ccc1OC. The summed E-state index contributed by atoms with van der Waals surface area (Å²) in [7, 11) is 2.63. The molecule has 0 atom stereocenters. The first-order valence-corrected chi connectivity index (χ1v) is 12.3. The molecule has 1 fully saturated rings. The maximum absolute atomic E-state index is 12.9. The lowest BCUT2D eigenvalue weighted by molar-refractivity contribution is -0.145. The summed E-state index contributed by atoms with van der Waals surface area (Å²) in [5.74, 6) is -1.97. The van der Waals surface area contributed by atoms with Gasteiger partial charge in [0.25, 0.3) is 11.1 Å². The van der Waals surface area contributed by atoms with Crippen molar-refractivity contribution in [2.75, 3.05) is 39.3 Å². The van der Waals surface area contributed by atoms with Crippen LogP contribution in [0.4, 0.5) is 10.5 Å². The van der Waals surface area contributed by atoms with E-state index in [1.807, 2.05) is 0 Å². The molecule has 2 aromatic carbocycles. The zero-order valence-corrected chi connectivity index (χ0v) is 22.1. The summed E-state index contributed by atoms with van der Waals surface area (Å²) in [5, 5.41) is 2.03. The van der Waals surface area contributed by atoms with Crippen molar-refractivity contribution >= 4 is 64.1 Å². The number of imide groups is 1. The van der Waals surface area contributed by atoms with Crippen LogP contribution in [0, 0.1) is 0 Å². The van der Waals surface area contributed by atoms with Crippen LogP contribution in [-0.2, 0) is 23.9 Å². The summed E-state index contributed by atoms with van der Waals surface area (Å²) in [5.41, 5.74) is 0.776. The van der Waals surface area contributed by atoms with Gasteiger partial charge in [0.15, 0.2) is 18.1 Å². The second-order valence-electron chi connectivity index (χ2n) is 7.51. The molecule has 38 heavy (non-hydrogen) atoms. The minimum Gasteiger partial charge on any atom is -0.493 e. The zero-order valence-electron chi connectivity index (χ0n) is 20.6. The molecule has 0 aliphatic carbocycles. The average Bonchev–Trinajstić information content (AvgIpc) is 3.15. The predicted octanol–water partition coefficient (Wildman–Crippen LogP) is 3.75. The van der Waals surface area contributed by atoms with Crippen molar-refractivity contribution < 1.29 is 42.9 Å². The van der Waals surface area contributed by atoms with Gasteiger partial charge in [-0.1, -0.05) is 17.7 Å². The van der Waals surface area contributed by atoms with Gasteiger partial charge >= 0.3 is 11.9 Å². The lowest BCUT2D eigenvalue weighted by Crippen LogP contribution is -2.36. The van der Waals surface area contributed by atoms with Crippen LogP contribution < -0.4 is 14.8 Å². The van der Waals surface area contributed by atoms with Crippen molar-refractivity contribution in [2.45, 2.75) is 6.92 Å². The number of hydrogen-bond acceptors (Lipinski definition) is 10. The van der Waals surface area contributed by atoms with E-state index in [1.165, 1.54) is 44.6 Å². The number of anilines is 1. The fraction of sp³-hybridized carbons (Fsp3) is 0.240. The molecule has 1 saturated heterocycles. The maximum atomic E-state index is 12.9.